The molecule has 0 spiro atoms. The third kappa shape index (κ3) is 6.40. The van der Waals surface area contributed by atoms with Crippen LogP contribution in [-0.2, 0) is 14.3 Å². The number of hydrogen-bond donors (Lipinski definition) is 4. The molecule has 0 unspecified atom stereocenters. The highest BCUT2D eigenvalue weighted by Gasteiger charge is 2.15. The maximum atomic E-state index is 11.7. The van der Waals surface area contributed by atoms with E-state index >= 15 is 0 Å². The third-order valence-electron chi connectivity index (χ3n) is 3.06. The molecule has 2 aromatic carbocycles. The topological polar surface area (TPSA) is 134 Å². The molecular formula is C17H15ClN2O7. The molecule has 0 heterocycles. The lowest BCUT2D eigenvalue weighted by Crippen LogP contribution is -2.45. The Morgan fingerprint density at radius 1 is 0.926 bits per heavy atom. The van der Waals surface area contributed by atoms with E-state index in [1.807, 2.05) is 5.43 Å². The van der Waals surface area contributed by atoms with E-state index in [9.17, 15) is 19.5 Å². The molecule has 27 heavy (non-hydrogen) atoms. The van der Waals surface area contributed by atoms with Gasteiger partial charge in [-0.1, -0.05) is 11.6 Å². The van der Waals surface area contributed by atoms with Crippen molar-refractivity contribution in [3.63, 3.8) is 0 Å². The number of nitrogens with one attached hydrogen (secondary N) is 2. The van der Waals surface area contributed by atoms with Crippen LogP contribution in [0.4, 0.5) is 0 Å². The van der Waals surface area contributed by atoms with Gasteiger partial charge in [0.2, 0.25) is 0 Å². The van der Waals surface area contributed by atoms with E-state index in [-0.39, 0.29) is 17.9 Å². The molecule has 2 amide bonds. The molecule has 0 saturated heterocycles. The van der Waals surface area contributed by atoms with Crippen molar-refractivity contribution in [2.45, 2.75) is 0 Å². The number of ether oxygens (including phenoxy) is 2. The highest BCUT2D eigenvalue weighted by Crippen LogP contribution is 2.23. The number of carbonyl (C=O) groups is 3. The number of rotatable bonds is 6. The van der Waals surface area contributed by atoms with Crippen molar-refractivity contribution in [2.75, 3.05) is 13.2 Å². The second-order valence-corrected chi connectivity index (χ2v) is 5.55. The van der Waals surface area contributed by atoms with Crippen molar-refractivity contribution in [1.29, 1.82) is 0 Å². The Morgan fingerprint density at radius 3 is 2.19 bits per heavy atom. The molecule has 9 nitrogen and oxygen atoms in total. The third-order valence-corrected chi connectivity index (χ3v) is 3.31. The number of esters is 1. The highest BCUT2D eigenvalue weighted by atomic mass is 35.5. The average Bonchev–Trinajstić information content (AvgIpc) is 2.64. The standard InChI is InChI=1S/C17H15ClN2O7/c18-10-1-4-12(5-2-10)26-8-15(23)19-20-16(24)9-27-17(25)13-6-3-11(21)7-14(13)22/h1-7,21-22H,8-9H2,(H,19,23)(H,20,24). The highest BCUT2D eigenvalue weighted by molar-refractivity contribution is 6.30. The van der Waals surface area contributed by atoms with E-state index in [4.69, 9.17) is 26.2 Å². The first-order chi connectivity index (χ1) is 12.8. The number of carbonyl (C=O) groups excluding carboxylic acids is 3. The molecule has 2 rings (SSSR count). The molecule has 0 atom stereocenters. The average molecular weight is 395 g/mol. The smallest absolute Gasteiger partial charge is 0.342 e. The van der Waals surface area contributed by atoms with Crippen molar-refractivity contribution < 1.29 is 34.1 Å². The van der Waals surface area contributed by atoms with Gasteiger partial charge >= 0.3 is 5.97 Å². The van der Waals surface area contributed by atoms with Gasteiger partial charge in [0, 0.05) is 11.1 Å². The van der Waals surface area contributed by atoms with Gasteiger partial charge in [0.1, 0.15) is 22.8 Å². The van der Waals surface area contributed by atoms with E-state index < -0.39 is 30.1 Å². The molecule has 0 aromatic heterocycles. The quantitative estimate of drug-likeness (QED) is 0.426. The van der Waals surface area contributed by atoms with Gasteiger partial charge in [0.15, 0.2) is 13.2 Å². The summed E-state index contributed by atoms with van der Waals surface area (Å²) in [4.78, 5) is 34.9. The van der Waals surface area contributed by atoms with Gasteiger partial charge in [-0.3, -0.25) is 20.4 Å². The van der Waals surface area contributed by atoms with Crippen LogP contribution in [0.25, 0.3) is 0 Å². The summed E-state index contributed by atoms with van der Waals surface area (Å²) in [5, 5.41) is 19.2. The van der Waals surface area contributed by atoms with Crippen LogP contribution in [0.1, 0.15) is 10.4 Å². The van der Waals surface area contributed by atoms with Crippen LogP contribution >= 0.6 is 11.6 Å². The number of hydrogen-bond acceptors (Lipinski definition) is 7. The Labute approximate surface area is 158 Å². The predicted octanol–water partition coefficient (Wildman–Crippen LogP) is 1.13. The first kappa shape index (κ1) is 19.9. The van der Waals surface area contributed by atoms with Crippen molar-refractivity contribution in [3.05, 3.63) is 53.1 Å². The molecule has 0 aliphatic rings. The molecule has 0 saturated carbocycles. The molecule has 10 heteroatoms. The fourth-order valence-electron chi connectivity index (χ4n) is 1.79. The lowest BCUT2D eigenvalue weighted by molar-refractivity contribution is -0.131. The minimum Gasteiger partial charge on any atom is -0.508 e. The molecule has 142 valence electrons. The van der Waals surface area contributed by atoms with E-state index in [0.717, 1.165) is 12.1 Å². The van der Waals surface area contributed by atoms with Gasteiger partial charge in [0.25, 0.3) is 11.8 Å². The normalized spacial score (nSPS) is 9.96. The van der Waals surface area contributed by atoms with Crippen molar-refractivity contribution in [2.24, 2.45) is 0 Å². The summed E-state index contributed by atoms with van der Waals surface area (Å²) < 4.78 is 9.87. The van der Waals surface area contributed by atoms with Crippen LogP contribution in [0.2, 0.25) is 5.02 Å². The maximum absolute atomic E-state index is 11.7. The largest absolute Gasteiger partial charge is 0.508 e. The molecule has 0 aliphatic heterocycles. The number of halogens is 1. The molecule has 2 aromatic rings. The molecule has 0 fully saturated rings. The fourth-order valence-corrected chi connectivity index (χ4v) is 1.92. The van der Waals surface area contributed by atoms with Gasteiger partial charge in [0.05, 0.1) is 0 Å². The van der Waals surface area contributed by atoms with Gasteiger partial charge in [-0.05, 0) is 36.4 Å². The number of phenolic OH excluding ortho intramolecular Hbond substituents is 2. The predicted molar refractivity (Wildman–Crippen MR) is 93.3 cm³/mol. The Balaban J connectivity index is 1.70. The van der Waals surface area contributed by atoms with Gasteiger partial charge in [-0.15, -0.1) is 0 Å². The summed E-state index contributed by atoms with van der Waals surface area (Å²) in [6.45, 7) is -1.06. The second-order valence-electron chi connectivity index (χ2n) is 5.12. The summed E-state index contributed by atoms with van der Waals surface area (Å²) in [6, 6.07) is 9.61. The minimum absolute atomic E-state index is 0.221. The van der Waals surface area contributed by atoms with Crippen molar-refractivity contribution >= 4 is 29.4 Å². The molecule has 0 radical (unpaired) electrons. The van der Waals surface area contributed by atoms with Crippen LogP contribution in [0.5, 0.6) is 17.2 Å². The number of hydrazine groups is 1. The monoisotopic (exact) mass is 394 g/mol. The summed E-state index contributed by atoms with van der Waals surface area (Å²) in [7, 11) is 0. The number of phenols is 2. The van der Waals surface area contributed by atoms with Crippen LogP contribution in [-0.4, -0.2) is 41.2 Å². The first-order valence-electron chi connectivity index (χ1n) is 7.50. The van der Waals surface area contributed by atoms with Crippen molar-refractivity contribution in [1.82, 2.24) is 10.9 Å². The fraction of sp³-hybridized carbons (Fsp3) is 0.118. The Morgan fingerprint density at radius 2 is 1.56 bits per heavy atom. The van der Waals surface area contributed by atoms with Gasteiger partial charge in [-0.2, -0.15) is 0 Å². The Kier molecular flexibility index (Phi) is 6.84. The minimum atomic E-state index is -0.972. The zero-order valence-electron chi connectivity index (χ0n) is 13.8. The molecular weight excluding hydrogens is 380 g/mol. The van der Waals surface area contributed by atoms with Crippen LogP contribution in [0, 0.1) is 0 Å². The van der Waals surface area contributed by atoms with Crippen LogP contribution in [0.3, 0.4) is 0 Å². The van der Waals surface area contributed by atoms with Crippen LogP contribution in [0.15, 0.2) is 42.5 Å². The van der Waals surface area contributed by atoms with E-state index in [0.29, 0.717) is 10.8 Å². The molecule has 0 bridgehead atoms. The van der Waals surface area contributed by atoms with Crippen molar-refractivity contribution in [3.8, 4) is 17.2 Å². The summed E-state index contributed by atoms with van der Waals surface area (Å²) in [5.74, 6) is -2.72. The lowest BCUT2D eigenvalue weighted by Gasteiger charge is -2.09. The number of amides is 2. The summed E-state index contributed by atoms with van der Waals surface area (Å²) in [6.07, 6.45) is 0. The van der Waals surface area contributed by atoms with E-state index in [1.165, 1.54) is 6.07 Å². The zero-order valence-corrected chi connectivity index (χ0v) is 14.5. The van der Waals surface area contributed by atoms with E-state index in [1.54, 1.807) is 24.3 Å². The lowest BCUT2D eigenvalue weighted by atomic mass is 10.2. The Bertz CT molecular complexity index is 840. The summed E-state index contributed by atoms with van der Waals surface area (Å²) in [5.41, 5.74) is 3.90. The van der Waals surface area contributed by atoms with E-state index in [2.05, 4.69) is 5.43 Å². The number of benzene rings is 2. The molecule has 0 aliphatic carbocycles. The second kappa shape index (κ2) is 9.30. The van der Waals surface area contributed by atoms with Crippen LogP contribution < -0.4 is 15.6 Å². The SMILES string of the molecule is O=C(COC(=O)c1ccc(O)cc1O)NNC(=O)COc1ccc(Cl)cc1. The first-order valence-corrected chi connectivity index (χ1v) is 7.88. The number of aromatic hydroxyl groups is 2. The van der Waals surface area contributed by atoms with Gasteiger partial charge in [-0.25, -0.2) is 4.79 Å². The van der Waals surface area contributed by atoms with Gasteiger partial charge < -0.3 is 19.7 Å². The zero-order chi connectivity index (χ0) is 19.8. The molecule has 4 N–H and O–H groups in total. The summed E-state index contributed by atoms with van der Waals surface area (Å²) >= 11 is 5.72. The maximum Gasteiger partial charge on any atom is 0.342 e. The Hall–Kier alpha value is -3.46.